The highest BCUT2D eigenvalue weighted by Crippen LogP contribution is 2.11. The summed E-state index contributed by atoms with van der Waals surface area (Å²) in [6.45, 7) is 5.38. The average molecular weight is 167 g/mol. The maximum atomic E-state index is 5.26. The number of hydrogen-bond acceptors (Lipinski definition) is 2. The molecule has 1 aromatic heterocycles. The van der Waals surface area contributed by atoms with E-state index in [9.17, 15) is 0 Å². The number of nitrogens with one attached hydrogen (secondary N) is 1. The van der Waals surface area contributed by atoms with Gasteiger partial charge in [0.05, 0.1) is 12.3 Å². The second-order valence-corrected chi connectivity index (χ2v) is 3.04. The summed E-state index contributed by atoms with van der Waals surface area (Å²) in [6.07, 6.45) is 4.18. The Hall–Kier alpha value is -0.760. The van der Waals surface area contributed by atoms with Crippen LogP contribution in [0.5, 0.6) is 0 Å². The lowest BCUT2D eigenvalue weighted by Gasteiger charge is -2.09. The number of unbranched alkanes of at least 4 members (excludes halogenated alkanes) is 1. The molecule has 1 heterocycles. The molecule has 0 fully saturated rings. The van der Waals surface area contributed by atoms with Crippen LogP contribution in [0.2, 0.25) is 0 Å². The summed E-state index contributed by atoms with van der Waals surface area (Å²) in [5.74, 6) is 1.02. The van der Waals surface area contributed by atoms with Gasteiger partial charge < -0.3 is 9.73 Å². The van der Waals surface area contributed by atoms with E-state index in [1.165, 1.54) is 12.8 Å². The molecule has 2 heteroatoms. The van der Waals surface area contributed by atoms with Crippen molar-refractivity contribution in [3.05, 3.63) is 24.2 Å². The molecule has 12 heavy (non-hydrogen) atoms. The Labute approximate surface area is 74.0 Å². The fourth-order valence-corrected chi connectivity index (χ4v) is 1.13. The lowest BCUT2D eigenvalue weighted by Crippen LogP contribution is -2.19. The molecule has 1 aromatic rings. The van der Waals surface area contributed by atoms with Crippen molar-refractivity contribution in [2.45, 2.75) is 32.7 Å². The Balaban J connectivity index is 2.25. The highest BCUT2D eigenvalue weighted by Gasteiger charge is 2.05. The van der Waals surface area contributed by atoms with E-state index in [1.54, 1.807) is 6.26 Å². The fraction of sp³-hybridized carbons (Fsp3) is 0.600. The molecule has 0 aliphatic heterocycles. The van der Waals surface area contributed by atoms with Gasteiger partial charge in [0.2, 0.25) is 0 Å². The molecule has 1 atom stereocenters. The van der Waals surface area contributed by atoms with Crippen LogP contribution in [-0.4, -0.2) is 6.54 Å². The molecular formula is C10H17NO. The summed E-state index contributed by atoms with van der Waals surface area (Å²) in [4.78, 5) is 0. The fourth-order valence-electron chi connectivity index (χ4n) is 1.13. The summed E-state index contributed by atoms with van der Waals surface area (Å²) in [7, 11) is 0. The van der Waals surface area contributed by atoms with E-state index < -0.39 is 0 Å². The molecule has 2 nitrogen and oxygen atoms in total. The third-order valence-corrected chi connectivity index (χ3v) is 1.95. The van der Waals surface area contributed by atoms with E-state index in [2.05, 4.69) is 19.2 Å². The smallest absolute Gasteiger partial charge is 0.120 e. The first kappa shape index (κ1) is 9.33. The van der Waals surface area contributed by atoms with Gasteiger partial charge in [0, 0.05) is 0 Å². The minimum absolute atomic E-state index is 0.339. The Morgan fingerprint density at radius 2 is 2.42 bits per heavy atom. The summed E-state index contributed by atoms with van der Waals surface area (Å²) in [5.41, 5.74) is 0. The lowest BCUT2D eigenvalue weighted by atomic mass is 10.2. The minimum Gasteiger partial charge on any atom is -0.468 e. The molecule has 0 bridgehead atoms. The SMILES string of the molecule is CCCCN[C@H](C)c1ccco1. The van der Waals surface area contributed by atoms with Gasteiger partial charge in [0.1, 0.15) is 5.76 Å². The summed E-state index contributed by atoms with van der Waals surface area (Å²) in [5, 5.41) is 3.39. The van der Waals surface area contributed by atoms with Gasteiger partial charge in [-0.25, -0.2) is 0 Å². The van der Waals surface area contributed by atoms with Crippen LogP contribution in [0.15, 0.2) is 22.8 Å². The summed E-state index contributed by atoms with van der Waals surface area (Å²) < 4.78 is 5.26. The molecule has 1 rings (SSSR count). The van der Waals surface area contributed by atoms with Gasteiger partial charge in [-0.05, 0) is 32.0 Å². The highest BCUT2D eigenvalue weighted by atomic mass is 16.3. The normalized spacial score (nSPS) is 13.2. The first-order valence-corrected chi connectivity index (χ1v) is 4.61. The van der Waals surface area contributed by atoms with Crippen molar-refractivity contribution in [3.8, 4) is 0 Å². The molecule has 0 saturated carbocycles. The van der Waals surface area contributed by atoms with E-state index in [-0.39, 0.29) is 0 Å². The lowest BCUT2D eigenvalue weighted by molar-refractivity contribution is 0.428. The largest absolute Gasteiger partial charge is 0.468 e. The Morgan fingerprint density at radius 1 is 1.58 bits per heavy atom. The zero-order chi connectivity index (χ0) is 8.81. The van der Waals surface area contributed by atoms with Gasteiger partial charge in [-0.2, -0.15) is 0 Å². The van der Waals surface area contributed by atoms with Gasteiger partial charge in [-0.1, -0.05) is 13.3 Å². The van der Waals surface area contributed by atoms with Crippen molar-refractivity contribution in [1.82, 2.24) is 5.32 Å². The van der Waals surface area contributed by atoms with E-state index >= 15 is 0 Å². The van der Waals surface area contributed by atoms with Crippen LogP contribution in [0.25, 0.3) is 0 Å². The molecule has 0 aliphatic carbocycles. The highest BCUT2D eigenvalue weighted by molar-refractivity contribution is 5.02. The van der Waals surface area contributed by atoms with Crippen LogP contribution in [0.4, 0.5) is 0 Å². The molecule has 0 aliphatic rings. The second-order valence-electron chi connectivity index (χ2n) is 3.04. The molecule has 0 spiro atoms. The van der Waals surface area contributed by atoms with Crippen molar-refractivity contribution in [3.63, 3.8) is 0 Å². The zero-order valence-corrected chi connectivity index (χ0v) is 7.84. The monoisotopic (exact) mass is 167 g/mol. The molecular weight excluding hydrogens is 150 g/mol. The van der Waals surface area contributed by atoms with Crippen LogP contribution in [0.1, 0.15) is 38.5 Å². The second kappa shape index (κ2) is 4.99. The van der Waals surface area contributed by atoms with Crippen LogP contribution in [0, 0.1) is 0 Å². The third-order valence-electron chi connectivity index (χ3n) is 1.95. The minimum atomic E-state index is 0.339. The molecule has 68 valence electrons. The van der Waals surface area contributed by atoms with Crippen molar-refractivity contribution in [2.75, 3.05) is 6.54 Å². The van der Waals surface area contributed by atoms with E-state index in [0.29, 0.717) is 6.04 Å². The zero-order valence-electron chi connectivity index (χ0n) is 7.84. The number of rotatable bonds is 5. The van der Waals surface area contributed by atoms with Crippen LogP contribution >= 0.6 is 0 Å². The first-order valence-electron chi connectivity index (χ1n) is 4.61. The molecule has 0 amide bonds. The van der Waals surface area contributed by atoms with Crippen molar-refractivity contribution in [2.24, 2.45) is 0 Å². The maximum absolute atomic E-state index is 5.26. The molecule has 0 radical (unpaired) electrons. The number of furan rings is 1. The van der Waals surface area contributed by atoms with Crippen LogP contribution in [-0.2, 0) is 0 Å². The predicted molar refractivity (Wildman–Crippen MR) is 50.0 cm³/mol. The molecule has 1 N–H and O–H groups in total. The van der Waals surface area contributed by atoms with E-state index in [4.69, 9.17) is 4.42 Å². The standard InChI is InChI=1S/C10H17NO/c1-3-4-7-11-9(2)10-6-5-8-12-10/h5-6,8-9,11H,3-4,7H2,1-2H3/t9-/m1/s1. The Kier molecular flexibility index (Phi) is 3.88. The molecule has 0 aromatic carbocycles. The quantitative estimate of drug-likeness (QED) is 0.682. The Bertz CT molecular complexity index is 194. The Morgan fingerprint density at radius 3 is 3.00 bits per heavy atom. The molecule has 0 unspecified atom stereocenters. The summed E-state index contributed by atoms with van der Waals surface area (Å²) in [6, 6.07) is 4.27. The first-order chi connectivity index (χ1) is 5.84. The van der Waals surface area contributed by atoms with Crippen LogP contribution in [0.3, 0.4) is 0 Å². The van der Waals surface area contributed by atoms with Crippen molar-refractivity contribution in [1.29, 1.82) is 0 Å². The maximum Gasteiger partial charge on any atom is 0.120 e. The van der Waals surface area contributed by atoms with Gasteiger partial charge >= 0.3 is 0 Å². The van der Waals surface area contributed by atoms with Gasteiger partial charge in [-0.3, -0.25) is 0 Å². The van der Waals surface area contributed by atoms with Crippen LogP contribution < -0.4 is 5.32 Å². The van der Waals surface area contributed by atoms with Gasteiger partial charge in [0.15, 0.2) is 0 Å². The third kappa shape index (κ3) is 2.70. The number of hydrogen-bond donors (Lipinski definition) is 1. The van der Waals surface area contributed by atoms with Gasteiger partial charge in [-0.15, -0.1) is 0 Å². The van der Waals surface area contributed by atoms with Crippen molar-refractivity contribution >= 4 is 0 Å². The van der Waals surface area contributed by atoms with Gasteiger partial charge in [0.25, 0.3) is 0 Å². The van der Waals surface area contributed by atoms with E-state index in [0.717, 1.165) is 12.3 Å². The summed E-state index contributed by atoms with van der Waals surface area (Å²) >= 11 is 0. The average Bonchev–Trinajstić information content (AvgIpc) is 2.56. The molecule has 0 saturated heterocycles. The topological polar surface area (TPSA) is 25.2 Å². The van der Waals surface area contributed by atoms with E-state index in [1.807, 2.05) is 12.1 Å². The predicted octanol–water partition coefficient (Wildman–Crippen LogP) is 2.73. The van der Waals surface area contributed by atoms with Crippen molar-refractivity contribution < 1.29 is 4.42 Å².